The first-order valence-electron chi connectivity index (χ1n) is 12.5. The number of carbonyl (C=O) groups is 2. The molecule has 2 saturated heterocycles. The van der Waals surface area contributed by atoms with E-state index in [-0.39, 0.29) is 72.0 Å². The van der Waals surface area contributed by atoms with Crippen molar-refractivity contribution in [3.63, 3.8) is 0 Å². The van der Waals surface area contributed by atoms with E-state index >= 15 is 0 Å². The summed E-state index contributed by atoms with van der Waals surface area (Å²) < 4.78 is 6.26. The molecule has 9 heteroatoms. The summed E-state index contributed by atoms with van der Waals surface area (Å²) in [5, 5.41) is 10.3. The van der Waals surface area contributed by atoms with E-state index in [1.807, 2.05) is 91.0 Å². The van der Waals surface area contributed by atoms with Gasteiger partial charge in [-0.2, -0.15) is 40.5 Å². The monoisotopic (exact) mass is 598 g/mol. The SMILES string of the molecule is C.O=C(O)[C@@H]1[C@@H]2CC[C@@H](CC2OCc2ccccc2)N1C(=O)N1c2ccccc2C=Cc2ccccc21.S.S.S. The van der Waals surface area contributed by atoms with Crippen molar-refractivity contribution >= 4 is 76.0 Å². The highest BCUT2D eigenvalue weighted by Gasteiger charge is 2.54. The van der Waals surface area contributed by atoms with Crippen molar-refractivity contribution in [3.8, 4) is 0 Å². The lowest BCUT2D eigenvalue weighted by molar-refractivity contribution is -0.161. The summed E-state index contributed by atoms with van der Waals surface area (Å²) in [7, 11) is 0. The second kappa shape index (κ2) is 14.2. The summed E-state index contributed by atoms with van der Waals surface area (Å²) in [4.78, 5) is 30.3. The second-order valence-corrected chi connectivity index (χ2v) is 9.73. The average molecular weight is 599 g/mol. The minimum absolute atomic E-state index is 0. The zero-order chi connectivity index (χ0) is 24.6. The van der Waals surface area contributed by atoms with Gasteiger partial charge < -0.3 is 14.7 Å². The van der Waals surface area contributed by atoms with Crippen molar-refractivity contribution < 1.29 is 19.4 Å². The smallest absolute Gasteiger partial charge is 0.330 e. The van der Waals surface area contributed by atoms with Gasteiger partial charge in [0.2, 0.25) is 0 Å². The van der Waals surface area contributed by atoms with Crippen LogP contribution in [0.4, 0.5) is 16.2 Å². The number of urea groups is 1. The second-order valence-electron chi connectivity index (χ2n) is 9.73. The van der Waals surface area contributed by atoms with Crippen LogP contribution in [0.5, 0.6) is 0 Å². The molecule has 6 nitrogen and oxygen atoms in total. The maximum atomic E-state index is 14.3. The number of amides is 2. The van der Waals surface area contributed by atoms with Crippen LogP contribution in [0.3, 0.4) is 0 Å². The van der Waals surface area contributed by atoms with Gasteiger partial charge in [-0.1, -0.05) is 86.3 Å². The number of fused-ring (bicyclic) bond motifs is 5. The summed E-state index contributed by atoms with van der Waals surface area (Å²) in [6, 6.07) is 24.0. The van der Waals surface area contributed by atoms with Crippen LogP contribution in [-0.2, 0) is 16.1 Å². The lowest BCUT2D eigenvalue weighted by atomic mass is 9.72. The predicted octanol–water partition coefficient (Wildman–Crippen LogP) is 6.93. The van der Waals surface area contributed by atoms with Gasteiger partial charge in [-0.05, 0) is 48.1 Å². The van der Waals surface area contributed by atoms with Crippen molar-refractivity contribution in [2.24, 2.45) is 5.92 Å². The number of nitrogens with zero attached hydrogens (tertiary/aromatic N) is 2. The van der Waals surface area contributed by atoms with Crippen LogP contribution in [-0.4, -0.2) is 40.2 Å². The maximum Gasteiger partial charge on any atom is 0.330 e. The van der Waals surface area contributed by atoms with Crippen molar-refractivity contribution in [2.45, 2.75) is 51.5 Å². The molecule has 7 rings (SSSR count). The number of piperidine rings is 2. The van der Waals surface area contributed by atoms with Crippen LogP contribution >= 0.6 is 40.5 Å². The van der Waals surface area contributed by atoms with E-state index in [1.165, 1.54) is 0 Å². The van der Waals surface area contributed by atoms with Crippen molar-refractivity contribution in [2.75, 3.05) is 4.90 Å². The van der Waals surface area contributed by atoms with Crippen LogP contribution in [0.15, 0.2) is 78.9 Å². The topological polar surface area (TPSA) is 70.1 Å². The van der Waals surface area contributed by atoms with E-state index < -0.39 is 12.0 Å². The summed E-state index contributed by atoms with van der Waals surface area (Å²) in [6.45, 7) is 0.438. The molecule has 0 spiro atoms. The third-order valence-electron chi connectivity index (χ3n) is 7.68. The summed E-state index contributed by atoms with van der Waals surface area (Å²) in [5.41, 5.74) is 4.40. The van der Waals surface area contributed by atoms with Gasteiger partial charge in [0.15, 0.2) is 0 Å². The first-order chi connectivity index (χ1) is 17.6. The fraction of sp³-hybridized carbons (Fsp3) is 0.290. The molecule has 0 aromatic heterocycles. The number of ether oxygens (including phenoxy) is 1. The van der Waals surface area contributed by atoms with E-state index in [0.717, 1.165) is 40.9 Å². The molecule has 40 heavy (non-hydrogen) atoms. The molecule has 1 N–H and O–H groups in total. The molecule has 4 atom stereocenters. The van der Waals surface area contributed by atoms with Crippen molar-refractivity contribution in [1.29, 1.82) is 0 Å². The Morgan fingerprint density at radius 2 is 1.35 bits per heavy atom. The van der Waals surface area contributed by atoms with E-state index in [2.05, 4.69) is 0 Å². The van der Waals surface area contributed by atoms with Gasteiger partial charge >= 0.3 is 12.0 Å². The maximum absolute atomic E-state index is 14.3. The van der Waals surface area contributed by atoms with E-state index in [9.17, 15) is 14.7 Å². The minimum Gasteiger partial charge on any atom is -0.480 e. The highest BCUT2D eigenvalue weighted by molar-refractivity contribution is 7.59. The van der Waals surface area contributed by atoms with E-state index in [1.54, 1.807) is 9.80 Å². The largest absolute Gasteiger partial charge is 0.480 e. The minimum atomic E-state index is -0.972. The lowest BCUT2D eigenvalue weighted by Crippen LogP contribution is -2.66. The predicted molar refractivity (Wildman–Crippen MR) is 177 cm³/mol. The van der Waals surface area contributed by atoms with Gasteiger partial charge in [0.1, 0.15) is 6.04 Å². The number of anilines is 2. The first kappa shape index (κ1) is 33.4. The molecule has 3 heterocycles. The van der Waals surface area contributed by atoms with Gasteiger partial charge in [-0.15, -0.1) is 0 Å². The fourth-order valence-electron chi connectivity index (χ4n) is 6.02. The Morgan fingerprint density at radius 3 is 1.93 bits per heavy atom. The van der Waals surface area contributed by atoms with Crippen molar-refractivity contribution in [3.05, 3.63) is 95.6 Å². The molecule has 3 aliphatic heterocycles. The number of carboxylic acids is 1. The first-order valence-corrected chi connectivity index (χ1v) is 12.5. The normalized spacial score (nSPS) is 21.7. The summed E-state index contributed by atoms with van der Waals surface area (Å²) in [6.07, 6.45) is 5.97. The third-order valence-corrected chi connectivity index (χ3v) is 7.68. The van der Waals surface area contributed by atoms with Gasteiger partial charge in [0.25, 0.3) is 0 Å². The number of hydrogen-bond donors (Lipinski definition) is 1. The van der Waals surface area contributed by atoms with E-state index in [0.29, 0.717) is 13.0 Å². The van der Waals surface area contributed by atoms with Gasteiger partial charge in [-0.3, -0.25) is 4.90 Å². The Labute approximate surface area is 257 Å². The Morgan fingerprint density at radius 1 is 0.800 bits per heavy atom. The van der Waals surface area contributed by atoms with Crippen LogP contribution in [0, 0.1) is 5.92 Å². The van der Waals surface area contributed by atoms with Crippen molar-refractivity contribution in [1.82, 2.24) is 4.90 Å². The number of rotatable bonds is 4. The lowest BCUT2D eigenvalue weighted by Gasteiger charge is -2.53. The van der Waals surface area contributed by atoms with Crippen LogP contribution < -0.4 is 4.90 Å². The number of para-hydroxylation sites is 2. The Bertz CT molecular complexity index is 1290. The van der Waals surface area contributed by atoms with Crippen LogP contribution in [0.2, 0.25) is 0 Å². The molecule has 0 radical (unpaired) electrons. The number of benzene rings is 3. The Kier molecular flexibility index (Phi) is 11.8. The summed E-state index contributed by atoms with van der Waals surface area (Å²) >= 11 is 0. The fourth-order valence-corrected chi connectivity index (χ4v) is 6.02. The summed E-state index contributed by atoms with van der Waals surface area (Å²) in [5.74, 6) is -1.23. The van der Waals surface area contributed by atoms with Gasteiger partial charge in [-0.25, -0.2) is 9.59 Å². The van der Waals surface area contributed by atoms with Crippen LogP contribution in [0.1, 0.15) is 43.4 Å². The number of carboxylic acid groups (broad SMARTS) is 1. The van der Waals surface area contributed by atoms with E-state index in [4.69, 9.17) is 4.74 Å². The zero-order valence-electron chi connectivity index (χ0n) is 21.4. The van der Waals surface area contributed by atoms with Gasteiger partial charge in [0, 0.05) is 12.0 Å². The molecule has 3 aromatic carbocycles. The third kappa shape index (κ3) is 6.07. The highest BCUT2D eigenvalue weighted by atomic mass is 32.1. The van der Waals surface area contributed by atoms with Crippen LogP contribution in [0.25, 0.3) is 12.2 Å². The molecule has 1 saturated carbocycles. The van der Waals surface area contributed by atoms with Gasteiger partial charge in [0.05, 0.1) is 24.1 Å². The molecule has 1 unspecified atom stereocenters. The quantitative estimate of drug-likeness (QED) is 0.354. The molecule has 214 valence electrons. The standard InChI is InChI=1S/C30H28N2O4.CH4.3H2S/c33-29(34)28-24-17-16-23(18-27(24)36-19-20-8-2-1-3-9-20)31(28)30(35)32-25-12-6-4-10-21(25)14-15-22-11-5-7-13-26(22)32;;;;/h1-15,23-24,27-28H,16-19H2,(H,33,34);1H4;3*1H2/t23-,24+,27?,28-;;;;/m0..../s1. The Hall–Kier alpha value is -2.85. The molecule has 2 bridgehead atoms. The number of carbonyl (C=O) groups excluding carboxylic acids is 1. The molecule has 3 fully saturated rings. The average Bonchev–Trinajstić information content (AvgIpc) is 3.09. The molecular weight excluding hydrogens is 561 g/mol. The number of hydrogen-bond acceptors (Lipinski definition) is 3. The molecule has 2 amide bonds. The number of aliphatic carboxylic acids is 1. The molecule has 3 aromatic rings. The molecule has 4 aliphatic rings. The zero-order valence-corrected chi connectivity index (χ0v) is 24.4. The molecular formula is C31H38N2O4S3. The Balaban J connectivity index is 0.00000140. The molecule has 1 aliphatic carbocycles. The highest BCUT2D eigenvalue weighted by Crippen LogP contribution is 2.45.